The van der Waals surface area contributed by atoms with Crippen molar-refractivity contribution in [2.75, 3.05) is 23.9 Å². The molecule has 1 fully saturated rings. The van der Waals surface area contributed by atoms with Crippen molar-refractivity contribution in [3.05, 3.63) is 87.9 Å². The van der Waals surface area contributed by atoms with Crippen molar-refractivity contribution in [1.29, 1.82) is 0 Å². The third-order valence-electron chi connectivity index (χ3n) is 5.71. The van der Waals surface area contributed by atoms with Gasteiger partial charge in [0.15, 0.2) is 18.1 Å². The van der Waals surface area contributed by atoms with Crippen molar-refractivity contribution >= 4 is 52.8 Å². The molecule has 1 aliphatic heterocycles. The van der Waals surface area contributed by atoms with Gasteiger partial charge in [0.2, 0.25) is 0 Å². The molecule has 5 amide bonds. The van der Waals surface area contributed by atoms with E-state index in [0.717, 1.165) is 16.0 Å². The van der Waals surface area contributed by atoms with Gasteiger partial charge < -0.3 is 14.8 Å². The molecule has 0 spiro atoms. The SMILES string of the molecule is COc1cc(/C=C2/C(=O)NC(=O)N(c3ccc(Cl)cc3)C2=O)ccc1OCC(=O)Nc1cc(C)ccc1C. The van der Waals surface area contributed by atoms with Crippen molar-refractivity contribution in [2.45, 2.75) is 13.8 Å². The number of carbonyl (C=O) groups excluding carboxylic acids is 4. The van der Waals surface area contributed by atoms with E-state index in [-0.39, 0.29) is 29.5 Å². The number of amides is 5. The van der Waals surface area contributed by atoms with E-state index in [0.29, 0.717) is 22.0 Å². The molecular weight excluding hydrogens is 510 g/mol. The number of anilines is 2. The predicted molar refractivity (Wildman–Crippen MR) is 143 cm³/mol. The van der Waals surface area contributed by atoms with Crippen LogP contribution in [0.3, 0.4) is 0 Å². The fourth-order valence-corrected chi connectivity index (χ4v) is 3.87. The van der Waals surface area contributed by atoms with Gasteiger partial charge in [-0.15, -0.1) is 0 Å². The zero-order valence-electron chi connectivity index (χ0n) is 20.8. The maximum atomic E-state index is 13.1. The Morgan fingerprint density at radius 1 is 1.00 bits per heavy atom. The van der Waals surface area contributed by atoms with E-state index in [1.54, 1.807) is 18.2 Å². The van der Waals surface area contributed by atoms with Gasteiger partial charge in [0.1, 0.15) is 5.57 Å². The highest BCUT2D eigenvalue weighted by molar-refractivity contribution is 6.39. The molecule has 0 aliphatic carbocycles. The minimum atomic E-state index is -0.861. The van der Waals surface area contributed by atoms with E-state index in [2.05, 4.69) is 10.6 Å². The van der Waals surface area contributed by atoms with Gasteiger partial charge in [0, 0.05) is 10.7 Å². The fraction of sp³-hybridized carbons (Fsp3) is 0.143. The van der Waals surface area contributed by atoms with Gasteiger partial charge in [-0.1, -0.05) is 29.8 Å². The van der Waals surface area contributed by atoms with Gasteiger partial charge in [-0.05, 0) is 79.1 Å². The molecule has 1 heterocycles. The molecule has 9 nitrogen and oxygen atoms in total. The minimum absolute atomic E-state index is 0.247. The Hall–Kier alpha value is -4.63. The zero-order valence-corrected chi connectivity index (χ0v) is 21.6. The first-order chi connectivity index (χ1) is 18.2. The Bertz CT molecular complexity index is 1470. The summed E-state index contributed by atoms with van der Waals surface area (Å²) in [6.45, 7) is 3.57. The van der Waals surface area contributed by atoms with Crippen LogP contribution < -0.4 is 25.0 Å². The first-order valence-corrected chi connectivity index (χ1v) is 11.9. The summed E-state index contributed by atoms with van der Waals surface area (Å²) >= 11 is 5.90. The van der Waals surface area contributed by atoms with E-state index < -0.39 is 17.8 Å². The maximum Gasteiger partial charge on any atom is 0.335 e. The normalized spacial score (nSPS) is 14.4. The van der Waals surface area contributed by atoms with Crippen LogP contribution in [0.5, 0.6) is 11.5 Å². The number of nitrogens with zero attached hydrogens (tertiary/aromatic N) is 1. The topological polar surface area (TPSA) is 114 Å². The molecular formula is C28H24ClN3O6. The lowest BCUT2D eigenvalue weighted by Crippen LogP contribution is -2.54. The van der Waals surface area contributed by atoms with Crippen molar-refractivity contribution in [2.24, 2.45) is 0 Å². The molecule has 38 heavy (non-hydrogen) atoms. The molecule has 10 heteroatoms. The molecule has 0 unspecified atom stereocenters. The number of barbiturate groups is 1. The van der Waals surface area contributed by atoms with E-state index in [4.69, 9.17) is 21.1 Å². The van der Waals surface area contributed by atoms with Crippen LogP contribution in [0.1, 0.15) is 16.7 Å². The van der Waals surface area contributed by atoms with Crippen molar-refractivity contribution < 1.29 is 28.7 Å². The number of carbonyl (C=O) groups is 4. The van der Waals surface area contributed by atoms with Crippen LogP contribution in [0.2, 0.25) is 5.02 Å². The number of ether oxygens (including phenoxy) is 2. The predicted octanol–water partition coefficient (Wildman–Crippen LogP) is 4.65. The molecule has 2 N–H and O–H groups in total. The summed E-state index contributed by atoms with van der Waals surface area (Å²) in [5, 5.41) is 5.42. The van der Waals surface area contributed by atoms with Gasteiger partial charge in [-0.2, -0.15) is 0 Å². The second kappa shape index (κ2) is 11.2. The lowest BCUT2D eigenvalue weighted by molar-refractivity contribution is -0.122. The number of hydrogen-bond acceptors (Lipinski definition) is 6. The van der Waals surface area contributed by atoms with Gasteiger partial charge in [-0.25, -0.2) is 9.69 Å². The number of nitrogens with one attached hydrogen (secondary N) is 2. The first-order valence-electron chi connectivity index (χ1n) is 11.5. The lowest BCUT2D eigenvalue weighted by atomic mass is 10.1. The van der Waals surface area contributed by atoms with E-state index in [1.165, 1.54) is 37.5 Å². The number of methoxy groups -OCH3 is 1. The zero-order chi connectivity index (χ0) is 27.4. The van der Waals surface area contributed by atoms with Crippen molar-refractivity contribution in [1.82, 2.24) is 5.32 Å². The number of halogens is 1. The number of urea groups is 1. The van der Waals surface area contributed by atoms with E-state index >= 15 is 0 Å². The van der Waals surface area contributed by atoms with Crippen LogP contribution in [0.15, 0.2) is 66.2 Å². The number of rotatable bonds is 7. The van der Waals surface area contributed by atoms with Gasteiger partial charge >= 0.3 is 6.03 Å². The second-order valence-electron chi connectivity index (χ2n) is 8.50. The molecule has 0 radical (unpaired) electrons. The molecule has 1 aliphatic rings. The summed E-state index contributed by atoms with van der Waals surface area (Å²) in [5.74, 6) is -1.38. The van der Waals surface area contributed by atoms with Crippen LogP contribution in [0.4, 0.5) is 16.2 Å². The molecule has 3 aromatic rings. The summed E-state index contributed by atoms with van der Waals surface area (Å²) in [6.07, 6.45) is 1.34. The molecule has 0 atom stereocenters. The third kappa shape index (κ3) is 5.84. The highest BCUT2D eigenvalue weighted by Crippen LogP contribution is 2.30. The summed E-state index contributed by atoms with van der Waals surface area (Å²) in [7, 11) is 1.43. The van der Waals surface area contributed by atoms with Crippen LogP contribution >= 0.6 is 11.6 Å². The van der Waals surface area contributed by atoms with Crippen LogP contribution in [-0.2, 0) is 14.4 Å². The van der Waals surface area contributed by atoms with E-state index in [1.807, 2.05) is 32.0 Å². The van der Waals surface area contributed by atoms with Crippen molar-refractivity contribution in [3.8, 4) is 11.5 Å². The summed E-state index contributed by atoms with van der Waals surface area (Å²) in [5.41, 5.74) is 3.10. The smallest absolute Gasteiger partial charge is 0.335 e. The summed E-state index contributed by atoms with van der Waals surface area (Å²) < 4.78 is 11.0. The first kappa shape index (κ1) is 26.4. The average molecular weight is 534 g/mol. The lowest BCUT2D eigenvalue weighted by Gasteiger charge is -2.26. The van der Waals surface area contributed by atoms with Crippen LogP contribution in [-0.4, -0.2) is 37.5 Å². The molecule has 0 saturated carbocycles. The highest BCUT2D eigenvalue weighted by atomic mass is 35.5. The summed E-state index contributed by atoms with van der Waals surface area (Å²) in [4.78, 5) is 51.2. The van der Waals surface area contributed by atoms with Gasteiger partial charge in [0.05, 0.1) is 12.8 Å². The Morgan fingerprint density at radius 2 is 1.74 bits per heavy atom. The Balaban J connectivity index is 1.51. The highest BCUT2D eigenvalue weighted by Gasteiger charge is 2.36. The largest absolute Gasteiger partial charge is 0.493 e. The van der Waals surface area contributed by atoms with Crippen LogP contribution in [0.25, 0.3) is 6.08 Å². The quantitative estimate of drug-likeness (QED) is 0.337. The Morgan fingerprint density at radius 3 is 2.45 bits per heavy atom. The average Bonchev–Trinajstić information content (AvgIpc) is 2.88. The third-order valence-corrected chi connectivity index (χ3v) is 5.96. The molecule has 0 bridgehead atoms. The standard InChI is InChI=1S/C28H24ClN3O6/c1-16-4-5-17(2)22(12-16)30-25(33)15-38-23-11-6-18(14-24(23)37-3)13-21-26(34)31-28(36)32(27(21)35)20-9-7-19(29)8-10-20/h4-14H,15H2,1-3H3,(H,30,33)(H,31,34,36)/b21-13-. The number of benzene rings is 3. The molecule has 4 rings (SSSR count). The monoisotopic (exact) mass is 533 g/mol. The number of imide groups is 2. The second-order valence-corrected chi connectivity index (χ2v) is 8.94. The Kier molecular flexibility index (Phi) is 7.78. The number of aryl methyl sites for hydroxylation is 2. The van der Waals surface area contributed by atoms with Gasteiger partial charge in [-0.3, -0.25) is 19.7 Å². The molecule has 0 aromatic heterocycles. The van der Waals surface area contributed by atoms with E-state index in [9.17, 15) is 19.2 Å². The Labute approximate surface area is 224 Å². The molecule has 1 saturated heterocycles. The van der Waals surface area contributed by atoms with Crippen LogP contribution in [0, 0.1) is 13.8 Å². The molecule has 3 aromatic carbocycles. The minimum Gasteiger partial charge on any atom is -0.493 e. The maximum absolute atomic E-state index is 13.1. The van der Waals surface area contributed by atoms with Crippen molar-refractivity contribution in [3.63, 3.8) is 0 Å². The summed E-state index contributed by atoms with van der Waals surface area (Å²) in [6, 6.07) is 15.7. The fourth-order valence-electron chi connectivity index (χ4n) is 3.74. The van der Waals surface area contributed by atoms with Gasteiger partial charge in [0.25, 0.3) is 17.7 Å². The molecule has 194 valence electrons. The number of hydrogen-bond donors (Lipinski definition) is 2.